The minimum absolute atomic E-state index is 0.00689. The second kappa shape index (κ2) is 9.53. The predicted octanol–water partition coefficient (Wildman–Crippen LogP) is 5.07. The number of esters is 1. The maximum atomic E-state index is 12.3. The van der Waals surface area contributed by atoms with Gasteiger partial charge in [0.15, 0.2) is 5.78 Å². The van der Waals surface area contributed by atoms with E-state index < -0.39 is 11.6 Å². The Morgan fingerprint density at radius 3 is 2.43 bits per heavy atom. The normalized spacial score (nSPS) is 10.9. The molecule has 5 heteroatoms. The molecule has 1 aromatic heterocycles. The van der Waals surface area contributed by atoms with Crippen LogP contribution in [-0.2, 0) is 22.6 Å². The third-order valence-corrected chi connectivity index (χ3v) is 5.28. The van der Waals surface area contributed by atoms with Gasteiger partial charge in [0.2, 0.25) is 0 Å². The first-order valence-corrected chi connectivity index (χ1v) is 10.2. The summed E-state index contributed by atoms with van der Waals surface area (Å²) in [4.78, 5) is 36.4. The Morgan fingerprint density at radius 1 is 1.00 bits per heavy atom. The third kappa shape index (κ3) is 5.03. The number of rotatable bonds is 8. The molecule has 0 atom stereocenters. The van der Waals surface area contributed by atoms with E-state index in [4.69, 9.17) is 9.15 Å². The van der Waals surface area contributed by atoms with Crippen molar-refractivity contribution >= 4 is 22.7 Å². The van der Waals surface area contributed by atoms with E-state index in [0.717, 1.165) is 29.4 Å². The van der Waals surface area contributed by atoms with Gasteiger partial charge in [-0.1, -0.05) is 49.7 Å². The Morgan fingerprint density at radius 2 is 1.73 bits per heavy atom. The van der Waals surface area contributed by atoms with E-state index >= 15 is 0 Å². The Bertz CT molecular complexity index is 1120. The second-order valence-electron chi connectivity index (χ2n) is 7.51. The van der Waals surface area contributed by atoms with Gasteiger partial charge < -0.3 is 9.15 Å². The summed E-state index contributed by atoms with van der Waals surface area (Å²) in [6.45, 7) is 5.90. The van der Waals surface area contributed by atoms with Crippen molar-refractivity contribution in [1.29, 1.82) is 0 Å². The molecule has 0 fully saturated rings. The number of hydrogen-bond donors (Lipinski definition) is 0. The molecule has 0 aliphatic heterocycles. The van der Waals surface area contributed by atoms with Crippen LogP contribution >= 0.6 is 0 Å². The fraction of sp³-hybridized carbons (Fsp3) is 0.320. The molecule has 0 unspecified atom stereocenters. The summed E-state index contributed by atoms with van der Waals surface area (Å²) in [7, 11) is 0. The molecule has 0 saturated heterocycles. The monoisotopic (exact) mass is 406 g/mol. The number of carbonyl (C=O) groups excluding carboxylic acids is 2. The SMILES string of the molecule is CCCc1ccc(C(=O)CCC(=O)OCc2cc(=O)oc3c(C)c(C)ccc23)cc1. The first-order valence-electron chi connectivity index (χ1n) is 10.2. The molecule has 0 amide bonds. The van der Waals surface area contributed by atoms with Gasteiger partial charge in [0.25, 0.3) is 0 Å². The van der Waals surface area contributed by atoms with Crippen LogP contribution in [0.3, 0.4) is 0 Å². The first kappa shape index (κ1) is 21.5. The number of ether oxygens (including phenoxy) is 1. The van der Waals surface area contributed by atoms with Gasteiger partial charge in [-0.05, 0) is 37.0 Å². The molecule has 0 bridgehead atoms. The van der Waals surface area contributed by atoms with Crippen LogP contribution in [0.4, 0.5) is 0 Å². The van der Waals surface area contributed by atoms with Crippen LogP contribution < -0.4 is 5.63 Å². The average Bonchev–Trinajstić information content (AvgIpc) is 2.74. The highest BCUT2D eigenvalue weighted by atomic mass is 16.5. The number of Topliss-reactive ketones (excluding diaryl/α,β-unsaturated/α-hetero) is 1. The van der Waals surface area contributed by atoms with Crippen molar-refractivity contribution in [3.8, 4) is 0 Å². The number of aryl methyl sites for hydroxylation is 3. The smallest absolute Gasteiger partial charge is 0.336 e. The molecule has 0 saturated carbocycles. The van der Waals surface area contributed by atoms with Gasteiger partial charge in [-0.15, -0.1) is 0 Å². The molecular formula is C25H26O5. The lowest BCUT2D eigenvalue weighted by molar-refractivity contribution is -0.144. The number of fused-ring (bicyclic) bond motifs is 1. The lowest BCUT2D eigenvalue weighted by Crippen LogP contribution is -2.10. The van der Waals surface area contributed by atoms with Gasteiger partial charge in [-0.25, -0.2) is 4.79 Å². The summed E-state index contributed by atoms with van der Waals surface area (Å²) in [5.41, 5.74) is 4.31. The van der Waals surface area contributed by atoms with Crippen molar-refractivity contribution in [3.63, 3.8) is 0 Å². The van der Waals surface area contributed by atoms with Gasteiger partial charge in [-0.2, -0.15) is 0 Å². The van der Waals surface area contributed by atoms with E-state index in [1.54, 1.807) is 12.1 Å². The largest absolute Gasteiger partial charge is 0.461 e. The van der Waals surface area contributed by atoms with Crippen molar-refractivity contribution in [2.75, 3.05) is 0 Å². The molecular weight excluding hydrogens is 380 g/mol. The Labute approximate surface area is 175 Å². The Hall–Kier alpha value is -3.21. The molecule has 0 N–H and O–H groups in total. The zero-order chi connectivity index (χ0) is 21.7. The van der Waals surface area contributed by atoms with Gasteiger partial charge in [-0.3, -0.25) is 9.59 Å². The highest BCUT2D eigenvalue weighted by Gasteiger charge is 2.13. The van der Waals surface area contributed by atoms with Crippen LogP contribution in [-0.4, -0.2) is 11.8 Å². The summed E-state index contributed by atoms with van der Waals surface area (Å²) in [6.07, 6.45) is 2.11. The topological polar surface area (TPSA) is 73.6 Å². The highest BCUT2D eigenvalue weighted by Crippen LogP contribution is 2.23. The Kier molecular flexibility index (Phi) is 6.83. The molecule has 1 heterocycles. The summed E-state index contributed by atoms with van der Waals surface area (Å²) in [6, 6.07) is 12.6. The van der Waals surface area contributed by atoms with Gasteiger partial charge in [0.1, 0.15) is 12.2 Å². The molecule has 5 nitrogen and oxygen atoms in total. The van der Waals surface area contributed by atoms with E-state index in [2.05, 4.69) is 6.92 Å². The summed E-state index contributed by atoms with van der Waals surface area (Å²) in [5.74, 6) is -0.567. The van der Waals surface area contributed by atoms with Crippen molar-refractivity contribution in [2.24, 2.45) is 0 Å². The standard InChI is InChI=1S/C25H26O5/c1-4-5-18-7-9-19(10-8-18)22(26)12-13-23(27)29-15-20-14-24(28)30-25-17(3)16(2)6-11-21(20)25/h6-11,14H,4-5,12-13,15H2,1-3H3. The molecule has 0 radical (unpaired) electrons. The molecule has 0 aliphatic rings. The van der Waals surface area contributed by atoms with Gasteiger partial charge in [0, 0.05) is 29.0 Å². The highest BCUT2D eigenvalue weighted by molar-refractivity contribution is 5.97. The fourth-order valence-electron chi connectivity index (χ4n) is 3.38. The van der Waals surface area contributed by atoms with Crippen LogP contribution in [0.15, 0.2) is 51.7 Å². The molecule has 30 heavy (non-hydrogen) atoms. The second-order valence-corrected chi connectivity index (χ2v) is 7.51. The predicted molar refractivity (Wildman–Crippen MR) is 116 cm³/mol. The quantitative estimate of drug-likeness (QED) is 0.297. The van der Waals surface area contributed by atoms with E-state index in [1.165, 1.54) is 11.6 Å². The molecule has 0 spiro atoms. The zero-order valence-corrected chi connectivity index (χ0v) is 17.6. The lowest BCUT2D eigenvalue weighted by Gasteiger charge is -2.10. The maximum absolute atomic E-state index is 12.3. The van der Waals surface area contributed by atoms with Crippen LogP contribution in [0.5, 0.6) is 0 Å². The molecule has 3 aromatic rings. The van der Waals surface area contributed by atoms with E-state index in [0.29, 0.717) is 16.7 Å². The lowest BCUT2D eigenvalue weighted by atomic mass is 10.0. The van der Waals surface area contributed by atoms with Gasteiger partial charge in [0.05, 0.1) is 6.42 Å². The maximum Gasteiger partial charge on any atom is 0.336 e. The van der Waals surface area contributed by atoms with Crippen LogP contribution in [0.1, 0.15) is 58.8 Å². The van der Waals surface area contributed by atoms with Crippen LogP contribution in [0.2, 0.25) is 0 Å². The number of ketones is 1. The zero-order valence-electron chi connectivity index (χ0n) is 17.6. The van der Waals surface area contributed by atoms with Crippen LogP contribution in [0.25, 0.3) is 11.0 Å². The number of carbonyl (C=O) groups is 2. The number of hydrogen-bond acceptors (Lipinski definition) is 5. The minimum Gasteiger partial charge on any atom is -0.461 e. The first-order chi connectivity index (χ1) is 14.4. The van der Waals surface area contributed by atoms with Crippen molar-refractivity contribution in [1.82, 2.24) is 0 Å². The van der Waals surface area contributed by atoms with E-state index in [9.17, 15) is 14.4 Å². The molecule has 2 aromatic carbocycles. The summed E-state index contributed by atoms with van der Waals surface area (Å²) >= 11 is 0. The fourth-order valence-corrected chi connectivity index (χ4v) is 3.38. The van der Waals surface area contributed by atoms with Crippen molar-refractivity contribution in [3.05, 3.63) is 80.7 Å². The Balaban J connectivity index is 1.60. The molecule has 0 aliphatic carbocycles. The average molecular weight is 406 g/mol. The van der Waals surface area contributed by atoms with E-state index in [-0.39, 0.29) is 25.2 Å². The third-order valence-electron chi connectivity index (χ3n) is 5.28. The number of benzene rings is 2. The van der Waals surface area contributed by atoms with Crippen molar-refractivity contribution in [2.45, 2.75) is 53.1 Å². The molecule has 3 rings (SSSR count). The van der Waals surface area contributed by atoms with E-state index in [1.807, 2.05) is 38.1 Å². The van der Waals surface area contributed by atoms with Crippen molar-refractivity contribution < 1.29 is 18.7 Å². The summed E-state index contributed by atoms with van der Waals surface area (Å²) < 4.78 is 10.7. The minimum atomic E-state index is -0.482. The summed E-state index contributed by atoms with van der Waals surface area (Å²) in [5, 5.41) is 0.744. The van der Waals surface area contributed by atoms with Gasteiger partial charge >= 0.3 is 11.6 Å². The van der Waals surface area contributed by atoms with Crippen LogP contribution in [0, 0.1) is 13.8 Å². The molecule has 156 valence electrons.